The fourth-order valence-electron chi connectivity index (χ4n) is 2.85. The van der Waals surface area contributed by atoms with E-state index in [-0.39, 0.29) is 17.9 Å². The van der Waals surface area contributed by atoms with Gasteiger partial charge in [-0.25, -0.2) is 0 Å². The normalized spacial score (nSPS) is 17.6. The molecule has 1 aliphatic rings. The van der Waals surface area contributed by atoms with Gasteiger partial charge >= 0.3 is 0 Å². The monoisotopic (exact) mass is 404 g/mol. The Bertz CT molecular complexity index is 828. The van der Waals surface area contributed by atoms with Crippen molar-refractivity contribution in [3.8, 4) is 0 Å². The zero-order valence-corrected chi connectivity index (χ0v) is 16.7. The van der Waals surface area contributed by atoms with E-state index in [2.05, 4.69) is 5.32 Å². The summed E-state index contributed by atoms with van der Waals surface area (Å²) in [5.41, 5.74) is 2.19. The van der Waals surface area contributed by atoms with E-state index in [9.17, 15) is 9.59 Å². The number of hydrogen-bond acceptors (Lipinski definition) is 4. The smallest absolute Gasteiger partial charge is 0.255 e. The summed E-state index contributed by atoms with van der Waals surface area (Å²) in [5.74, 6) is 0.697. The van der Waals surface area contributed by atoms with Gasteiger partial charge in [0.05, 0.1) is 12.0 Å². The molecular formula is C20H21ClN2O3S. The van der Waals surface area contributed by atoms with Crippen molar-refractivity contribution in [1.29, 1.82) is 0 Å². The molecule has 3 rings (SSSR count). The van der Waals surface area contributed by atoms with E-state index in [1.54, 1.807) is 48.0 Å². The predicted molar refractivity (Wildman–Crippen MR) is 109 cm³/mol. The number of hydrogen-bond donors (Lipinski definition) is 1. The second kappa shape index (κ2) is 8.78. The Kier molecular flexibility index (Phi) is 6.42. The van der Waals surface area contributed by atoms with Crippen LogP contribution in [-0.2, 0) is 9.53 Å². The van der Waals surface area contributed by atoms with Gasteiger partial charge in [-0.05, 0) is 48.9 Å². The number of nitrogens with zero attached hydrogens (tertiary/aromatic N) is 1. The standard InChI is InChI=1S/C20H21ClN2O3S/c1-13(26-2)15-4-3-5-17(10-15)22-19(24)18-11-27-12-23(18)20(25)14-6-8-16(21)9-7-14/h3-10,13,18H,11-12H2,1-2H3,(H,22,24). The van der Waals surface area contributed by atoms with Gasteiger partial charge in [0.1, 0.15) is 6.04 Å². The van der Waals surface area contributed by atoms with E-state index in [0.29, 0.717) is 27.9 Å². The lowest BCUT2D eigenvalue weighted by Crippen LogP contribution is -2.44. The first-order chi connectivity index (χ1) is 13.0. The summed E-state index contributed by atoms with van der Waals surface area (Å²) in [6, 6.07) is 13.7. The molecule has 0 aliphatic carbocycles. The van der Waals surface area contributed by atoms with E-state index in [0.717, 1.165) is 5.56 Å². The SMILES string of the molecule is COC(C)c1cccc(NC(=O)C2CSCN2C(=O)c2ccc(Cl)cc2)c1. The molecule has 1 fully saturated rings. The highest BCUT2D eigenvalue weighted by molar-refractivity contribution is 7.99. The quantitative estimate of drug-likeness (QED) is 0.811. The molecule has 0 spiro atoms. The summed E-state index contributed by atoms with van der Waals surface area (Å²) in [5, 5.41) is 3.50. The van der Waals surface area contributed by atoms with E-state index in [4.69, 9.17) is 16.3 Å². The van der Waals surface area contributed by atoms with Crippen molar-refractivity contribution >= 4 is 40.9 Å². The highest BCUT2D eigenvalue weighted by atomic mass is 35.5. The molecule has 1 aliphatic heterocycles. The Morgan fingerprint density at radius 2 is 2.00 bits per heavy atom. The summed E-state index contributed by atoms with van der Waals surface area (Å²) in [6.07, 6.45) is -0.0631. The van der Waals surface area contributed by atoms with E-state index < -0.39 is 6.04 Å². The van der Waals surface area contributed by atoms with Crippen LogP contribution in [0.5, 0.6) is 0 Å². The van der Waals surface area contributed by atoms with Crippen molar-refractivity contribution in [3.63, 3.8) is 0 Å². The molecule has 2 atom stereocenters. The van der Waals surface area contributed by atoms with Crippen LogP contribution in [0.25, 0.3) is 0 Å². The van der Waals surface area contributed by atoms with Crippen LogP contribution in [0.3, 0.4) is 0 Å². The minimum atomic E-state index is -0.512. The molecule has 0 aromatic heterocycles. The number of carbonyl (C=O) groups is 2. The summed E-state index contributed by atoms with van der Waals surface area (Å²) in [4.78, 5) is 27.2. The predicted octanol–water partition coefficient (Wildman–Crippen LogP) is 4.20. The highest BCUT2D eigenvalue weighted by Crippen LogP contribution is 2.26. The van der Waals surface area contributed by atoms with Crippen LogP contribution in [0.2, 0.25) is 5.02 Å². The fraction of sp³-hybridized carbons (Fsp3) is 0.300. The van der Waals surface area contributed by atoms with Crippen molar-refractivity contribution in [3.05, 3.63) is 64.7 Å². The van der Waals surface area contributed by atoms with Crippen molar-refractivity contribution in [2.45, 2.75) is 19.1 Å². The first-order valence-electron chi connectivity index (χ1n) is 8.57. The molecule has 2 amide bonds. The number of halogens is 1. The zero-order valence-electron chi connectivity index (χ0n) is 15.1. The third-order valence-electron chi connectivity index (χ3n) is 4.51. The largest absolute Gasteiger partial charge is 0.377 e. The van der Waals surface area contributed by atoms with Crippen molar-refractivity contribution < 1.29 is 14.3 Å². The maximum absolute atomic E-state index is 12.8. The van der Waals surface area contributed by atoms with Gasteiger partial charge in [0.2, 0.25) is 5.91 Å². The van der Waals surface area contributed by atoms with Gasteiger partial charge in [0, 0.05) is 29.1 Å². The summed E-state index contributed by atoms with van der Waals surface area (Å²) in [7, 11) is 1.64. The van der Waals surface area contributed by atoms with Crippen LogP contribution in [0.4, 0.5) is 5.69 Å². The molecule has 2 aromatic rings. The van der Waals surface area contributed by atoms with E-state index >= 15 is 0 Å². The topological polar surface area (TPSA) is 58.6 Å². The van der Waals surface area contributed by atoms with Crippen molar-refractivity contribution in [2.24, 2.45) is 0 Å². The highest BCUT2D eigenvalue weighted by Gasteiger charge is 2.35. The van der Waals surface area contributed by atoms with Gasteiger partial charge in [-0.3, -0.25) is 9.59 Å². The first kappa shape index (κ1) is 19.7. The number of nitrogens with one attached hydrogen (secondary N) is 1. The van der Waals surface area contributed by atoms with Crippen LogP contribution in [0.1, 0.15) is 28.9 Å². The molecule has 2 unspecified atom stereocenters. The Hall–Kier alpha value is -2.02. The molecule has 0 saturated carbocycles. The second-order valence-electron chi connectivity index (χ2n) is 6.29. The molecule has 2 aromatic carbocycles. The third-order valence-corrected chi connectivity index (χ3v) is 5.78. The summed E-state index contributed by atoms with van der Waals surface area (Å²) < 4.78 is 5.32. The Labute approximate surface area is 168 Å². The number of anilines is 1. The van der Waals surface area contributed by atoms with Crippen LogP contribution in [-0.4, -0.2) is 41.5 Å². The average Bonchev–Trinajstić information content (AvgIpc) is 3.17. The Morgan fingerprint density at radius 1 is 1.26 bits per heavy atom. The van der Waals surface area contributed by atoms with Gasteiger partial charge < -0.3 is 15.0 Å². The van der Waals surface area contributed by atoms with Crippen LogP contribution >= 0.6 is 23.4 Å². The molecule has 1 heterocycles. The molecule has 27 heavy (non-hydrogen) atoms. The van der Waals surface area contributed by atoms with Crippen LogP contribution in [0, 0.1) is 0 Å². The van der Waals surface area contributed by atoms with Gasteiger partial charge in [-0.15, -0.1) is 11.8 Å². The number of carbonyl (C=O) groups excluding carboxylic acids is 2. The number of thioether (sulfide) groups is 1. The first-order valence-corrected chi connectivity index (χ1v) is 10.1. The number of methoxy groups -OCH3 is 1. The molecule has 142 valence electrons. The average molecular weight is 405 g/mol. The summed E-state index contributed by atoms with van der Waals surface area (Å²) in [6.45, 7) is 1.95. The molecule has 1 N–H and O–H groups in total. The van der Waals surface area contributed by atoms with Crippen LogP contribution in [0.15, 0.2) is 48.5 Å². The molecule has 7 heteroatoms. The lowest BCUT2D eigenvalue weighted by Gasteiger charge is -2.23. The van der Waals surface area contributed by atoms with Crippen molar-refractivity contribution in [2.75, 3.05) is 24.1 Å². The van der Waals surface area contributed by atoms with Gasteiger partial charge in [-0.2, -0.15) is 0 Å². The third kappa shape index (κ3) is 4.64. The minimum absolute atomic E-state index is 0.0631. The second-order valence-corrected chi connectivity index (χ2v) is 7.73. The van der Waals surface area contributed by atoms with E-state index in [1.807, 2.05) is 31.2 Å². The molecular weight excluding hydrogens is 384 g/mol. The minimum Gasteiger partial charge on any atom is -0.377 e. The Morgan fingerprint density at radius 3 is 2.70 bits per heavy atom. The van der Waals surface area contributed by atoms with Crippen LogP contribution < -0.4 is 5.32 Å². The molecule has 5 nitrogen and oxygen atoms in total. The lowest BCUT2D eigenvalue weighted by atomic mass is 10.1. The molecule has 1 saturated heterocycles. The number of benzene rings is 2. The van der Waals surface area contributed by atoms with Gasteiger partial charge in [0.25, 0.3) is 5.91 Å². The zero-order chi connectivity index (χ0) is 19.4. The van der Waals surface area contributed by atoms with Crippen molar-refractivity contribution in [1.82, 2.24) is 4.90 Å². The van der Waals surface area contributed by atoms with Gasteiger partial charge in [-0.1, -0.05) is 23.7 Å². The maximum atomic E-state index is 12.8. The summed E-state index contributed by atoms with van der Waals surface area (Å²) >= 11 is 7.45. The maximum Gasteiger partial charge on any atom is 0.255 e. The number of rotatable bonds is 5. The van der Waals surface area contributed by atoms with Gasteiger partial charge in [0.15, 0.2) is 0 Å². The fourth-order valence-corrected chi connectivity index (χ4v) is 4.13. The molecule has 0 radical (unpaired) electrons. The van der Waals surface area contributed by atoms with E-state index in [1.165, 1.54) is 0 Å². The lowest BCUT2D eigenvalue weighted by molar-refractivity contribution is -0.119. The Balaban J connectivity index is 1.72. The molecule has 0 bridgehead atoms. The number of ether oxygens (including phenoxy) is 1. The number of amides is 2.